The molecular formula is C28H27F3N4OS. The molecule has 4 aromatic rings. The molecule has 0 spiro atoms. The molecule has 2 atom stereocenters. The molecule has 192 valence electrons. The Labute approximate surface area is 217 Å². The van der Waals surface area contributed by atoms with Crippen molar-refractivity contribution in [3.63, 3.8) is 0 Å². The molecule has 1 aliphatic rings. The maximum atomic E-state index is 13.3. The molecule has 1 amide bonds. The number of fused-ring (bicyclic) bond motifs is 1. The second-order valence-electron chi connectivity index (χ2n) is 9.27. The fourth-order valence-corrected chi connectivity index (χ4v) is 5.89. The number of thiazole rings is 1. The average Bonchev–Trinajstić information content (AvgIpc) is 3.53. The molecule has 1 aliphatic heterocycles. The fourth-order valence-electron chi connectivity index (χ4n) is 4.96. The molecule has 1 saturated heterocycles. The molecule has 2 unspecified atom stereocenters. The van der Waals surface area contributed by atoms with Gasteiger partial charge in [0.1, 0.15) is 6.17 Å². The van der Waals surface area contributed by atoms with Crippen LogP contribution in [0.4, 0.5) is 13.2 Å². The van der Waals surface area contributed by atoms with Gasteiger partial charge in [-0.3, -0.25) is 4.79 Å². The third kappa shape index (κ3) is 5.18. The van der Waals surface area contributed by atoms with Gasteiger partial charge in [0.15, 0.2) is 5.69 Å². The number of likely N-dealkylation sites (tertiary alicyclic amines) is 1. The molecule has 1 fully saturated rings. The van der Waals surface area contributed by atoms with E-state index in [0.717, 1.165) is 22.3 Å². The number of piperidine rings is 1. The minimum absolute atomic E-state index is 0.0218. The molecule has 9 heteroatoms. The third-order valence-corrected chi connectivity index (χ3v) is 7.86. The minimum atomic E-state index is -4.54. The first kappa shape index (κ1) is 25.2. The van der Waals surface area contributed by atoms with Crippen LogP contribution in [0.5, 0.6) is 0 Å². The maximum Gasteiger partial charge on any atom is 0.435 e. The normalized spacial score (nSPS) is 18.7. The molecule has 0 saturated carbocycles. The lowest BCUT2D eigenvalue weighted by Gasteiger charge is -2.39. The largest absolute Gasteiger partial charge is 0.435 e. The maximum absolute atomic E-state index is 13.3. The standard InChI is InChI=1S/C28H27F3N4OS/c1-3-26(36)34-14-13-21(16-25(34)35-18(2)15-24(33-35)28(29,30)31)27-32-22(17-37-27)12-11-20-9-6-8-19-7-4-5-10-23(19)20/h4-12,15,17,21,25H,3,13-14,16H2,1-2H3/b12-11+. The molecule has 5 rings (SSSR count). The van der Waals surface area contributed by atoms with Crippen molar-refractivity contribution in [2.45, 2.75) is 51.4 Å². The zero-order valence-corrected chi connectivity index (χ0v) is 21.4. The van der Waals surface area contributed by atoms with Crippen LogP contribution in [-0.2, 0) is 11.0 Å². The van der Waals surface area contributed by atoms with E-state index < -0.39 is 18.0 Å². The molecule has 2 aromatic carbocycles. The quantitative estimate of drug-likeness (QED) is 0.275. The first-order valence-electron chi connectivity index (χ1n) is 12.3. The summed E-state index contributed by atoms with van der Waals surface area (Å²) in [6.45, 7) is 3.81. The summed E-state index contributed by atoms with van der Waals surface area (Å²) in [5.74, 6) is -0.0710. The van der Waals surface area contributed by atoms with E-state index in [2.05, 4.69) is 35.4 Å². The SMILES string of the molecule is CCC(=O)N1CCC(c2nc(/C=C/c3cccc4ccccc34)cs2)CC1n1nc(C(F)(F)F)cc1C. The monoisotopic (exact) mass is 524 g/mol. The lowest BCUT2D eigenvalue weighted by Crippen LogP contribution is -2.43. The first-order chi connectivity index (χ1) is 17.7. The molecule has 0 aliphatic carbocycles. The van der Waals surface area contributed by atoms with E-state index in [1.807, 2.05) is 29.7 Å². The molecular weight excluding hydrogens is 497 g/mol. The predicted molar refractivity (Wildman–Crippen MR) is 140 cm³/mol. The van der Waals surface area contributed by atoms with Crippen LogP contribution in [0.3, 0.4) is 0 Å². The van der Waals surface area contributed by atoms with Crippen molar-refractivity contribution < 1.29 is 18.0 Å². The minimum Gasteiger partial charge on any atom is -0.320 e. The van der Waals surface area contributed by atoms with Crippen molar-refractivity contribution in [2.75, 3.05) is 6.54 Å². The number of alkyl halides is 3. The molecule has 0 N–H and O–H groups in total. The van der Waals surface area contributed by atoms with E-state index in [0.29, 0.717) is 25.1 Å². The van der Waals surface area contributed by atoms with Gasteiger partial charge in [-0.15, -0.1) is 11.3 Å². The number of aromatic nitrogens is 3. The van der Waals surface area contributed by atoms with Crippen molar-refractivity contribution >= 4 is 40.2 Å². The van der Waals surface area contributed by atoms with Gasteiger partial charge in [-0.25, -0.2) is 9.67 Å². The van der Waals surface area contributed by atoms with Crippen LogP contribution in [-0.4, -0.2) is 32.1 Å². The fraction of sp³-hybridized carbons (Fsp3) is 0.321. The zero-order valence-electron chi connectivity index (χ0n) is 20.6. The zero-order chi connectivity index (χ0) is 26.2. The molecule has 5 nitrogen and oxygen atoms in total. The van der Waals surface area contributed by atoms with Gasteiger partial charge in [0, 0.05) is 30.0 Å². The number of aryl methyl sites for hydroxylation is 1. The second-order valence-corrected chi connectivity index (χ2v) is 10.2. The number of carbonyl (C=O) groups is 1. The summed E-state index contributed by atoms with van der Waals surface area (Å²) in [5.41, 5.74) is 1.38. The Balaban J connectivity index is 1.39. The van der Waals surface area contributed by atoms with E-state index >= 15 is 0 Å². The Morgan fingerprint density at radius 3 is 2.70 bits per heavy atom. The number of amides is 1. The van der Waals surface area contributed by atoms with Gasteiger partial charge < -0.3 is 4.90 Å². The van der Waals surface area contributed by atoms with E-state index in [-0.39, 0.29) is 18.2 Å². The number of rotatable bonds is 5. The Morgan fingerprint density at radius 2 is 1.95 bits per heavy atom. The highest BCUT2D eigenvalue weighted by atomic mass is 32.1. The second kappa shape index (κ2) is 10.1. The van der Waals surface area contributed by atoms with Crippen LogP contribution in [0.1, 0.15) is 65.9 Å². The van der Waals surface area contributed by atoms with Crippen molar-refractivity contribution in [2.24, 2.45) is 0 Å². The van der Waals surface area contributed by atoms with E-state index in [1.165, 1.54) is 15.5 Å². The van der Waals surface area contributed by atoms with Crippen molar-refractivity contribution in [1.82, 2.24) is 19.7 Å². The highest BCUT2D eigenvalue weighted by Gasteiger charge is 2.39. The number of hydrogen-bond acceptors (Lipinski definition) is 4. The molecule has 2 aromatic heterocycles. The number of hydrogen-bond donors (Lipinski definition) is 0. The van der Waals surface area contributed by atoms with E-state index in [1.54, 1.807) is 30.1 Å². The average molecular weight is 525 g/mol. The summed E-state index contributed by atoms with van der Waals surface area (Å²) < 4.78 is 41.3. The van der Waals surface area contributed by atoms with Gasteiger partial charge in [-0.1, -0.05) is 55.5 Å². The Kier molecular flexibility index (Phi) is 6.90. The van der Waals surface area contributed by atoms with Crippen LogP contribution in [0.2, 0.25) is 0 Å². The number of benzene rings is 2. The van der Waals surface area contributed by atoms with Crippen molar-refractivity contribution in [3.05, 3.63) is 81.6 Å². The summed E-state index contributed by atoms with van der Waals surface area (Å²) in [4.78, 5) is 19.2. The number of halogens is 3. The van der Waals surface area contributed by atoms with E-state index in [4.69, 9.17) is 4.98 Å². The van der Waals surface area contributed by atoms with Gasteiger partial charge in [0.05, 0.1) is 10.7 Å². The summed E-state index contributed by atoms with van der Waals surface area (Å²) in [7, 11) is 0. The molecule has 0 bridgehead atoms. The Hall–Kier alpha value is -3.46. The molecule has 0 radical (unpaired) electrons. The smallest absolute Gasteiger partial charge is 0.320 e. The van der Waals surface area contributed by atoms with Gasteiger partial charge in [-0.2, -0.15) is 18.3 Å². The van der Waals surface area contributed by atoms with Gasteiger partial charge in [0.25, 0.3) is 0 Å². The first-order valence-corrected chi connectivity index (χ1v) is 13.2. The summed E-state index contributed by atoms with van der Waals surface area (Å²) in [6.07, 6.45) is 0.375. The van der Waals surface area contributed by atoms with Gasteiger partial charge >= 0.3 is 6.18 Å². The molecule has 37 heavy (non-hydrogen) atoms. The van der Waals surface area contributed by atoms with Crippen LogP contribution in [0.15, 0.2) is 53.9 Å². The third-order valence-electron chi connectivity index (χ3n) is 6.84. The van der Waals surface area contributed by atoms with Gasteiger partial charge in [-0.05, 0) is 48.2 Å². The summed E-state index contributed by atoms with van der Waals surface area (Å²) >= 11 is 1.55. The summed E-state index contributed by atoms with van der Waals surface area (Å²) in [6, 6.07) is 15.4. The lowest BCUT2D eigenvalue weighted by molar-refractivity contribution is -0.142. The molecule has 3 heterocycles. The number of nitrogens with zero attached hydrogens (tertiary/aromatic N) is 4. The summed E-state index contributed by atoms with van der Waals surface area (Å²) in [5, 5.41) is 9.12. The number of carbonyl (C=O) groups excluding carboxylic acids is 1. The topological polar surface area (TPSA) is 51.0 Å². The van der Waals surface area contributed by atoms with Crippen LogP contribution >= 0.6 is 11.3 Å². The van der Waals surface area contributed by atoms with Crippen LogP contribution in [0.25, 0.3) is 22.9 Å². The predicted octanol–water partition coefficient (Wildman–Crippen LogP) is 7.31. The van der Waals surface area contributed by atoms with Crippen LogP contribution in [0, 0.1) is 6.92 Å². The Morgan fingerprint density at radius 1 is 1.16 bits per heavy atom. The van der Waals surface area contributed by atoms with Crippen LogP contribution < -0.4 is 0 Å². The van der Waals surface area contributed by atoms with Crippen molar-refractivity contribution in [1.29, 1.82) is 0 Å². The van der Waals surface area contributed by atoms with Gasteiger partial charge in [0.2, 0.25) is 5.91 Å². The lowest BCUT2D eigenvalue weighted by atomic mass is 9.94. The van der Waals surface area contributed by atoms with E-state index in [9.17, 15) is 18.0 Å². The highest BCUT2D eigenvalue weighted by molar-refractivity contribution is 7.09. The Bertz CT molecular complexity index is 1450. The highest BCUT2D eigenvalue weighted by Crippen LogP contribution is 2.39. The van der Waals surface area contributed by atoms with Crippen molar-refractivity contribution in [3.8, 4) is 0 Å².